The third-order valence-corrected chi connectivity index (χ3v) is 5.10. The quantitative estimate of drug-likeness (QED) is 0.342. The Morgan fingerprint density at radius 3 is 2.86 bits per heavy atom. The van der Waals surface area contributed by atoms with E-state index in [0.717, 1.165) is 0 Å². The third-order valence-electron chi connectivity index (χ3n) is 3.80. The summed E-state index contributed by atoms with van der Waals surface area (Å²) >= 11 is 7.41. The molecule has 2 aromatic rings. The highest BCUT2D eigenvalue weighted by Gasteiger charge is 2.12. The van der Waals surface area contributed by atoms with E-state index in [2.05, 4.69) is 4.98 Å². The number of nitrogens with zero attached hydrogens (tertiary/aromatic N) is 2. The zero-order valence-corrected chi connectivity index (χ0v) is 17.1. The first-order chi connectivity index (χ1) is 13.4. The van der Waals surface area contributed by atoms with Crippen LogP contribution in [0.15, 0.2) is 28.2 Å². The summed E-state index contributed by atoms with van der Waals surface area (Å²) in [6, 6.07) is 4.14. The molecular weight excluding hydrogens is 404 g/mol. The van der Waals surface area contributed by atoms with E-state index < -0.39 is 11.9 Å². The van der Waals surface area contributed by atoms with Gasteiger partial charge in [-0.25, -0.2) is 9.78 Å². The molecule has 0 fully saturated rings. The lowest BCUT2D eigenvalue weighted by Crippen LogP contribution is -2.34. The fourth-order valence-electron chi connectivity index (χ4n) is 2.55. The van der Waals surface area contributed by atoms with Crippen LogP contribution in [0.4, 0.5) is 4.79 Å². The molecular formula is C18H23ClN4O4S. The number of benzene rings is 1. The van der Waals surface area contributed by atoms with Gasteiger partial charge in [-0.1, -0.05) is 23.4 Å². The smallest absolute Gasteiger partial charge is 0.318 e. The molecule has 0 bridgehead atoms. The molecule has 1 heterocycles. The first kappa shape index (κ1) is 22.2. The van der Waals surface area contributed by atoms with E-state index in [1.807, 2.05) is 12.2 Å². The Labute approximate surface area is 171 Å². The van der Waals surface area contributed by atoms with Gasteiger partial charge in [-0.2, -0.15) is 0 Å². The number of fused-ring (bicyclic) bond motifs is 1. The SMILES string of the molecule is CCOCCCn1c(SCCCC(=O)NC(N)=O)nc2cc(Cl)ccc2c1=O. The number of amides is 3. The average Bonchev–Trinajstić information content (AvgIpc) is 2.63. The van der Waals surface area contributed by atoms with E-state index in [1.165, 1.54) is 11.8 Å². The topological polar surface area (TPSA) is 116 Å². The van der Waals surface area contributed by atoms with Gasteiger partial charge in [-0.3, -0.25) is 19.5 Å². The molecule has 0 saturated heterocycles. The van der Waals surface area contributed by atoms with E-state index >= 15 is 0 Å². The monoisotopic (exact) mass is 426 g/mol. The number of carbonyl (C=O) groups excluding carboxylic acids is 2. The van der Waals surface area contributed by atoms with Crippen molar-refractivity contribution in [2.24, 2.45) is 5.73 Å². The van der Waals surface area contributed by atoms with Crippen LogP contribution >= 0.6 is 23.4 Å². The minimum absolute atomic E-state index is 0.132. The van der Waals surface area contributed by atoms with Crippen LogP contribution in [-0.4, -0.2) is 40.5 Å². The number of rotatable bonds is 10. The lowest BCUT2D eigenvalue weighted by molar-refractivity contribution is -0.119. The number of urea groups is 1. The molecule has 152 valence electrons. The molecule has 8 nitrogen and oxygen atoms in total. The molecule has 0 aliphatic carbocycles. The van der Waals surface area contributed by atoms with Crippen LogP contribution in [0.25, 0.3) is 10.9 Å². The number of hydrogen-bond acceptors (Lipinski definition) is 6. The Morgan fingerprint density at radius 2 is 2.14 bits per heavy atom. The summed E-state index contributed by atoms with van der Waals surface area (Å²) in [4.78, 5) is 39.6. The summed E-state index contributed by atoms with van der Waals surface area (Å²) in [5.41, 5.74) is 5.32. The number of primary amides is 1. The van der Waals surface area contributed by atoms with E-state index in [0.29, 0.717) is 59.4 Å². The zero-order valence-electron chi connectivity index (χ0n) is 15.6. The van der Waals surface area contributed by atoms with Gasteiger partial charge in [0.15, 0.2) is 5.16 Å². The normalized spacial score (nSPS) is 10.9. The first-order valence-electron chi connectivity index (χ1n) is 8.92. The van der Waals surface area contributed by atoms with Crippen LogP contribution in [0, 0.1) is 0 Å². The fraction of sp³-hybridized carbons (Fsp3) is 0.444. The number of imide groups is 1. The molecule has 3 N–H and O–H groups in total. The number of aromatic nitrogens is 2. The Hall–Kier alpha value is -2.10. The molecule has 0 unspecified atom stereocenters. The van der Waals surface area contributed by atoms with Crippen LogP contribution in [0.1, 0.15) is 26.2 Å². The Balaban J connectivity index is 2.14. The molecule has 2 rings (SSSR count). The van der Waals surface area contributed by atoms with Crippen molar-refractivity contribution >= 4 is 46.2 Å². The number of halogens is 1. The van der Waals surface area contributed by atoms with Crippen molar-refractivity contribution in [2.75, 3.05) is 19.0 Å². The highest BCUT2D eigenvalue weighted by molar-refractivity contribution is 7.99. The van der Waals surface area contributed by atoms with Gasteiger partial charge in [0.1, 0.15) is 0 Å². The van der Waals surface area contributed by atoms with Crippen molar-refractivity contribution in [3.05, 3.63) is 33.6 Å². The van der Waals surface area contributed by atoms with Crippen LogP contribution in [0.2, 0.25) is 5.02 Å². The van der Waals surface area contributed by atoms with Gasteiger partial charge < -0.3 is 10.5 Å². The fourth-order valence-corrected chi connectivity index (χ4v) is 3.68. The summed E-state index contributed by atoms with van der Waals surface area (Å²) in [6.07, 6.45) is 1.35. The predicted octanol–water partition coefficient (Wildman–Crippen LogP) is 2.54. The minimum atomic E-state index is -0.867. The van der Waals surface area contributed by atoms with Gasteiger partial charge in [0, 0.05) is 37.0 Å². The van der Waals surface area contributed by atoms with Crippen LogP contribution in [0.5, 0.6) is 0 Å². The summed E-state index contributed by atoms with van der Waals surface area (Å²) in [7, 11) is 0. The molecule has 28 heavy (non-hydrogen) atoms. The van der Waals surface area contributed by atoms with E-state index in [9.17, 15) is 14.4 Å². The molecule has 1 aromatic heterocycles. The highest BCUT2D eigenvalue weighted by Crippen LogP contribution is 2.21. The second-order valence-corrected chi connectivity index (χ2v) is 7.43. The lowest BCUT2D eigenvalue weighted by Gasteiger charge is -2.13. The summed E-state index contributed by atoms with van der Waals surface area (Å²) in [5, 5.41) is 3.60. The maximum absolute atomic E-state index is 12.9. The van der Waals surface area contributed by atoms with E-state index in [-0.39, 0.29) is 12.0 Å². The lowest BCUT2D eigenvalue weighted by atomic mass is 10.2. The van der Waals surface area contributed by atoms with Gasteiger partial charge in [0.05, 0.1) is 10.9 Å². The summed E-state index contributed by atoms with van der Waals surface area (Å²) < 4.78 is 6.98. The Morgan fingerprint density at radius 1 is 1.36 bits per heavy atom. The molecule has 1 aromatic carbocycles. The van der Waals surface area contributed by atoms with Gasteiger partial charge >= 0.3 is 6.03 Å². The van der Waals surface area contributed by atoms with Crippen molar-refractivity contribution in [3.8, 4) is 0 Å². The molecule has 0 radical (unpaired) electrons. The zero-order chi connectivity index (χ0) is 20.5. The number of hydrogen-bond donors (Lipinski definition) is 2. The minimum Gasteiger partial charge on any atom is -0.382 e. The van der Waals surface area contributed by atoms with Crippen LogP contribution in [0.3, 0.4) is 0 Å². The Bertz CT molecular complexity index is 903. The second-order valence-electron chi connectivity index (χ2n) is 5.93. The molecule has 0 spiro atoms. The van der Waals surface area contributed by atoms with Crippen molar-refractivity contribution in [1.82, 2.24) is 14.9 Å². The van der Waals surface area contributed by atoms with Crippen molar-refractivity contribution in [1.29, 1.82) is 0 Å². The van der Waals surface area contributed by atoms with E-state index in [4.69, 9.17) is 22.1 Å². The summed E-state index contributed by atoms with van der Waals surface area (Å²) in [6.45, 7) is 3.58. The van der Waals surface area contributed by atoms with Gasteiger partial charge in [0.25, 0.3) is 5.56 Å². The summed E-state index contributed by atoms with van der Waals surface area (Å²) in [5.74, 6) is 0.122. The average molecular weight is 427 g/mol. The molecule has 0 saturated carbocycles. The maximum atomic E-state index is 12.9. The number of thioether (sulfide) groups is 1. The van der Waals surface area contributed by atoms with Crippen LogP contribution in [-0.2, 0) is 16.1 Å². The number of nitrogens with one attached hydrogen (secondary N) is 1. The molecule has 3 amide bonds. The molecule has 10 heteroatoms. The maximum Gasteiger partial charge on any atom is 0.318 e. The number of nitrogens with two attached hydrogens (primary N) is 1. The van der Waals surface area contributed by atoms with Gasteiger partial charge in [0.2, 0.25) is 5.91 Å². The third kappa shape index (κ3) is 6.50. The Kier molecular flexibility index (Phi) is 8.75. The molecule has 0 atom stereocenters. The van der Waals surface area contributed by atoms with Gasteiger partial charge in [-0.15, -0.1) is 0 Å². The second kappa shape index (κ2) is 11.0. The highest BCUT2D eigenvalue weighted by atomic mass is 35.5. The predicted molar refractivity (Wildman–Crippen MR) is 110 cm³/mol. The van der Waals surface area contributed by atoms with Crippen LogP contribution < -0.4 is 16.6 Å². The standard InChI is InChI=1S/C18H23ClN4O4S/c1-2-27-9-4-8-23-16(25)13-7-6-12(19)11-14(13)21-18(23)28-10-3-5-15(24)22-17(20)26/h6-7,11H,2-5,8-10H2,1H3,(H3,20,22,24,26). The van der Waals surface area contributed by atoms with Gasteiger partial charge in [-0.05, 0) is 38.0 Å². The van der Waals surface area contributed by atoms with E-state index in [1.54, 1.807) is 22.8 Å². The number of carbonyl (C=O) groups is 2. The largest absolute Gasteiger partial charge is 0.382 e. The first-order valence-corrected chi connectivity index (χ1v) is 10.3. The molecule has 0 aliphatic heterocycles. The van der Waals surface area contributed by atoms with Crippen molar-refractivity contribution in [3.63, 3.8) is 0 Å². The number of ether oxygens (including phenoxy) is 1. The molecule has 0 aliphatic rings. The van der Waals surface area contributed by atoms with Crippen molar-refractivity contribution in [2.45, 2.75) is 37.9 Å². The van der Waals surface area contributed by atoms with Crippen molar-refractivity contribution < 1.29 is 14.3 Å².